The lowest BCUT2D eigenvalue weighted by Gasteiger charge is -2.02. The van der Waals surface area contributed by atoms with Crippen LogP contribution >= 0.6 is 23.2 Å². The third-order valence-corrected chi connectivity index (χ3v) is 2.33. The first kappa shape index (κ1) is 11.0. The molecule has 0 spiro atoms. The molecule has 0 atom stereocenters. The van der Waals surface area contributed by atoms with Gasteiger partial charge in [0.2, 0.25) is 5.91 Å². The lowest BCUT2D eigenvalue weighted by Crippen LogP contribution is -2.11. The van der Waals surface area contributed by atoms with E-state index >= 15 is 0 Å². The van der Waals surface area contributed by atoms with Crippen LogP contribution in [0.1, 0.15) is 5.56 Å². The van der Waals surface area contributed by atoms with Gasteiger partial charge in [-0.25, -0.2) is 0 Å². The highest BCUT2D eigenvalue weighted by atomic mass is 35.5. The molecule has 1 amide bonds. The Balaban J connectivity index is 2.92. The van der Waals surface area contributed by atoms with Gasteiger partial charge in [-0.3, -0.25) is 4.79 Å². The van der Waals surface area contributed by atoms with Gasteiger partial charge in [-0.05, 0) is 17.7 Å². The summed E-state index contributed by atoms with van der Waals surface area (Å²) in [6.07, 6.45) is 2.51. The Morgan fingerprint density at radius 2 is 2.14 bits per heavy atom. The van der Waals surface area contributed by atoms with Crippen LogP contribution < -0.4 is 5.48 Å². The van der Waals surface area contributed by atoms with Crippen LogP contribution in [0.25, 0.3) is 6.08 Å². The largest absolute Gasteiger partial charge is 0.759 e. The Hall–Kier alpha value is -1.03. The van der Waals surface area contributed by atoms with E-state index in [1.54, 1.807) is 18.2 Å². The average molecular weight is 231 g/mol. The van der Waals surface area contributed by atoms with E-state index < -0.39 is 5.91 Å². The first-order valence-corrected chi connectivity index (χ1v) is 4.45. The summed E-state index contributed by atoms with van der Waals surface area (Å²) in [6.45, 7) is 0. The van der Waals surface area contributed by atoms with Crippen LogP contribution in [0.15, 0.2) is 24.3 Å². The van der Waals surface area contributed by atoms with Gasteiger partial charge in [-0.2, -0.15) is 0 Å². The highest BCUT2D eigenvalue weighted by Gasteiger charge is 2.00. The number of amides is 1. The van der Waals surface area contributed by atoms with Crippen molar-refractivity contribution in [3.8, 4) is 0 Å². The molecule has 0 fully saturated rings. The molecular formula is C9H6Cl2NO2-. The van der Waals surface area contributed by atoms with Gasteiger partial charge in [0.05, 0.1) is 10.0 Å². The van der Waals surface area contributed by atoms with E-state index in [2.05, 4.69) is 0 Å². The Morgan fingerprint density at radius 3 is 2.79 bits per heavy atom. The van der Waals surface area contributed by atoms with Crippen molar-refractivity contribution in [1.82, 2.24) is 5.48 Å². The Kier molecular flexibility index (Phi) is 3.95. The van der Waals surface area contributed by atoms with Crippen LogP contribution in [-0.4, -0.2) is 5.91 Å². The van der Waals surface area contributed by atoms with Gasteiger partial charge in [0.15, 0.2) is 0 Å². The predicted octanol–water partition coefficient (Wildman–Crippen LogP) is 2.62. The monoisotopic (exact) mass is 230 g/mol. The van der Waals surface area contributed by atoms with E-state index in [0.717, 1.165) is 6.08 Å². The third kappa shape index (κ3) is 2.73. The molecule has 1 aromatic carbocycles. The smallest absolute Gasteiger partial charge is 0.233 e. The topological polar surface area (TPSA) is 52.2 Å². The molecule has 0 saturated carbocycles. The molecule has 0 aromatic heterocycles. The Morgan fingerprint density at radius 1 is 1.43 bits per heavy atom. The molecule has 3 nitrogen and oxygen atoms in total. The van der Waals surface area contributed by atoms with Crippen molar-refractivity contribution >= 4 is 35.2 Å². The maximum Gasteiger partial charge on any atom is 0.233 e. The average Bonchev–Trinajstić information content (AvgIpc) is 2.20. The molecule has 74 valence electrons. The molecule has 0 heterocycles. The summed E-state index contributed by atoms with van der Waals surface area (Å²) in [7, 11) is 0. The molecule has 0 bridgehead atoms. The number of benzene rings is 1. The predicted molar refractivity (Wildman–Crippen MR) is 57.0 cm³/mol. The van der Waals surface area contributed by atoms with Crippen LogP contribution in [0, 0.1) is 5.21 Å². The summed E-state index contributed by atoms with van der Waals surface area (Å²) in [4.78, 5) is 10.6. The van der Waals surface area contributed by atoms with Crippen molar-refractivity contribution in [2.75, 3.05) is 0 Å². The second-order valence-electron chi connectivity index (χ2n) is 2.44. The number of halogens is 2. The molecule has 0 aliphatic heterocycles. The zero-order valence-corrected chi connectivity index (χ0v) is 8.47. The molecule has 0 radical (unpaired) electrons. The first-order chi connectivity index (χ1) is 6.65. The van der Waals surface area contributed by atoms with Gasteiger partial charge in [-0.1, -0.05) is 35.3 Å². The van der Waals surface area contributed by atoms with Gasteiger partial charge in [-0.15, -0.1) is 0 Å². The maximum atomic E-state index is 10.6. The van der Waals surface area contributed by atoms with Gasteiger partial charge in [0.25, 0.3) is 0 Å². The van der Waals surface area contributed by atoms with E-state index in [-0.39, 0.29) is 0 Å². The standard InChI is InChI=1S/C9H6Cl2NO2/c10-7-3-1-2-6(9(7)11)4-5-8(13)12-14/h1-5H,(H-,12,13,14)/q-1/b5-4+. The second kappa shape index (κ2) is 5.00. The van der Waals surface area contributed by atoms with Crippen LogP contribution in [-0.2, 0) is 4.79 Å². The normalized spacial score (nSPS) is 10.5. The van der Waals surface area contributed by atoms with Crippen LogP contribution in [0.5, 0.6) is 0 Å². The fourth-order valence-corrected chi connectivity index (χ4v) is 1.22. The molecule has 0 saturated heterocycles. The molecule has 1 rings (SSSR count). The number of carbonyl (C=O) groups excluding carboxylic acids is 1. The van der Waals surface area contributed by atoms with Crippen molar-refractivity contribution in [3.05, 3.63) is 45.1 Å². The van der Waals surface area contributed by atoms with Crippen molar-refractivity contribution in [1.29, 1.82) is 0 Å². The highest BCUT2D eigenvalue weighted by Crippen LogP contribution is 2.26. The van der Waals surface area contributed by atoms with Gasteiger partial charge >= 0.3 is 0 Å². The SMILES string of the molecule is O=C(/C=C/c1cccc(Cl)c1Cl)N[O-]. The molecule has 1 N–H and O–H groups in total. The first-order valence-electron chi connectivity index (χ1n) is 3.69. The molecule has 0 aliphatic carbocycles. The van der Waals surface area contributed by atoms with Gasteiger partial charge in [0.1, 0.15) is 0 Å². The second-order valence-corrected chi connectivity index (χ2v) is 3.23. The van der Waals surface area contributed by atoms with Crippen LogP contribution in [0.4, 0.5) is 0 Å². The van der Waals surface area contributed by atoms with Crippen molar-refractivity contribution in [2.45, 2.75) is 0 Å². The molecular weight excluding hydrogens is 225 g/mol. The minimum atomic E-state index is -0.735. The number of hydrogen-bond donors (Lipinski definition) is 1. The van der Waals surface area contributed by atoms with Crippen LogP contribution in [0.3, 0.4) is 0 Å². The van der Waals surface area contributed by atoms with Crippen LogP contribution in [0.2, 0.25) is 10.0 Å². The van der Waals surface area contributed by atoms with E-state index in [1.807, 2.05) is 0 Å². The van der Waals surface area contributed by atoms with Gasteiger partial charge < -0.3 is 10.7 Å². The highest BCUT2D eigenvalue weighted by molar-refractivity contribution is 6.42. The minimum Gasteiger partial charge on any atom is -0.759 e. The number of hydrogen-bond acceptors (Lipinski definition) is 2. The lowest BCUT2D eigenvalue weighted by atomic mass is 10.2. The fourth-order valence-electron chi connectivity index (χ4n) is 0.849. The van der Waals surface area contributed by atoms with E-state index in [0.29, 0.717) is 15.6 Å². The summed E-state index contributed by atoms with van der Waals surface area (Å²) >= 11 is 11.6. The maximum absolute atomic E-state index is 10.6. The summed E-state index contributed by atoms with van der Waals surface area (Å²) in [5.74, 6) is -0.735. The van der Waals surface area contributed by atoms with E-state index in [4.69, 9.17) is 23.2 Å². The summed E-state index contributed by atoms with van der Waals surface area (Å²) < 4.78 is 0. The van der Waals surface area contributed by atoms with E-state index in [9.17, 15) is 10.0 Å². The lowest BCUT2D eigenvalue weighted by molar-refractivity contribution is -0.115. The fraction of sp³-hybridized carbons (Fsp3) is 0. The number of nitrogens with one attached hydrogen (secondary N) is 1. The molecule has 0 aliphatic rings. The molecule has 5 heteroatoms. The minimum absolute atomic E-state index is 0.351. The van der Waals surface area contributed by atoms with Crippen molar-refractivity contribution < 1.29 is 4.79 Å². The zero-order chi connectivity index (χ0) is 10.6. The third-order valence-electron chi connectivity index (χ3n) is 1.50. The summed E-state index contributed by atoms with van der Waals surface area (Å²) in [5.41, 5.74) is 1.80. The molecule has 0 unspecified atom stereocenters. The van der Waals surface area contributed by atoms with Crippen molar-refractivity contribution in [3.63, 3.8) is 0 Å². The van der Waals surface area contributed by atoms with E-state index in [1.165, 1.54) is 11.6 Å². The molecule has 14 heavy (non-hydrogen) atoms. The Bertz CT molecular complexity index is 377. The number of carbonyl (C=O) groups is 1. The quantitative estimate of drug-likeness (QED) is 0.628. The number of rotatable bonds is 2. The summed E-state index contributed by atoms with van der Waals surface area (Å²) in [5, 5.41) is 10.6. The van der Waals surface area contributed by atoms with Crippen molar-refractivity contribution in [2.24, 2.45) is 0 Å². The Labute approximate surface area is 90.9 Å². The molecule has 1 aromatic rings. The zero-order valence-electron chi connectivity index (χ0n) is 6.96. The number of hydroxylamine groups is 1. The van der Waals surface area contributed by atoms with Gasteiger partial charge in [0, 0.05) is 6.08 Å². The summed E-state index contributed by atoms with van der Waals surface area (Å²) in [6, 6.07) is 5.01.